The topological polar surface area (TPSA) is 100 Å². The van der Waals surface area contributed by atoms with Crippen LogP contribution in [0.4, 0.5) is 11.6 Å². The summed E-state index contributed by atoms with van der Waals surface area (Å²) in [4.78, 5) is 24.4. The number of benzene rings is 1. The average molecular weight is 587 g/mol. The maximum atomic E-state index is 13.6. The van der Waals surface area contributed by atoms with Crippen LogP contribution in [-0.2, 0) is 10.0 Å². The molecule has 0 radical (unpaired) electrons. The van der Waals surface area contributed by atoms with Crippen LogP contribution in [0.15, 0.2) is 40.2 Å². The van der Waals surface area contributed by atoms with Gasteiger partial charge in [-0.2, -0.15) is 9.29 Å². The van der Waals surface area contributed by atoms with Gasteiger partial charge in [0.05, 0.1) is 4.90 Å². The molecule has 2 fully saturated rings. The third-order valence-electron chi connectivity index (χ3n) is 8.70. The van der Waals surface area contributed by atoms with Crippen LogP contribution in [0.1, 0.15) is 65.0 Å². The minimum Gasteiger partial charge on any atom is -0.324 e. The molecular weight excluding hydrogens is 548 g/mol. The molecule has 0 bridgehead atoms. The van der Waals surface area contributed by atoms with Gasteiger partial charge in [0, 0.05) is 42.4 Å². The van der Waals surface area contributed by atoms with E-state index >= 15 is 0 Å². The molecule has 0 aliphatic carbocycles. The second-order valence-corrected chi connectivity index (χ2v) is 14.2. The van der Waals surface area contributed by atoms with E-state index in [2.05, 4.69) is 34.0 Å². The molecule has 4 heterocycles. The van der Waals surface area contributed by atoms with Gasteiger partial charge in [-0.05, 0) is 109 Å². The van der Waals surface area contributed by atoms with Crippen molar-refractivity contribution in [3.05, 3.63) is 51.4 Å². The SMILES string of the molecule is Cc1cc(S(=O)(=O)N2CCC3(CCN(C(C)C)CC3)CC2)ccc1Nc1ncc2cc(Cl)c(=O)n(C(C)C)c2n1. The Balaban J connectivity index is 1.31. The first kappa shape index (κ1) is 29.0. The zero-order chi connectivity index (χ0) is 28.8. The quantitative estimate of drug-likeness (QED) is 0.415. The molecule has 9 nitrogen and oxygen atoms in total. The molecule has 0 unspecified atom stereocenters. The van der Waals surface area contributed by atoms with Crippen LogP contribution < -0.4 is 10.9 Å². The largest absolute Gasteiger partial charge is 0.324 e. The Morgan fingerprint density at radius 1 is 0.975 bits per heavy atom. The van der Waals surface area contributed by atoms with Gasteiger partial charge in [0.2, 0.25) is 16.0 Å². The summed E-state index contributed by atoms with van der Waals surface area (Å²) in [5.74, 6) is 0.312. The number of sulfonamides is 1. The lowest BCUT2D eigenvalue weighted by Gasteiger charge is -2.47. The molecule has 0 saturated carbocycles. The van der Waals surface area contributed by atoms with E-state index in [0.717, 1.165) is 44.3 Å². The van der Waals surface area contributed by atoms with E-state index < -0.39 is 10.0 Å². The normalized spacial score (nSPS) is 18.7. The van der Waals surface area contributed by atoms with Crippen molar-refractivity contribution in [1.82, 2.24) is 23.7 Å². The maximum absolute atomic E-state index is 13.6. The molecule has 40 heavy (non-hydrogen) atoms. The lowest BCUT2D eigenvalue weighted by Crippen LogP contribution is -2.49. The number of pyridine rings is 1. The predicted octanol–water partition coefficient (Wildman–Crippen LogP) is 5.35. The number of likely N-dealkylation sites (tertiary alicyclic amines) is 1. The highest BCUT2D eigenvalue weighted by Crippen LogP contribution is 2.42. The molecule has 1 aromatic carbocycles. The van der Waals surface area contributed by atoms with Gasteiger partial charge in [-0.15, -0.1) is 0 Å². The third kappa shape index (κ3) is 5.51. The first-order valence-electron chi connectivity index (χ1n) is 14.1. The van der Waals surface area contributed by atoms with Crippen LogP contribution in [0.25, 0.3) is 11.0 Å². The monoisotopic (exact) mass is 586 g/mol. The van der Waals surface area contributed by atoms with E-state index in [1.54, 1.807) is 39.3 Å². The number of nitrogens with one attached hydrogen (secondary N) is 1. The Hall–Kier alpha value is -2.53. The molecule has 11 heteroatoms. The fourth-order valence-corrected chi connectivity index (χ4v) is 7.78. The summed E-state index contributed by atoms with van der Waals surface area (Å²) in [5, 5.41) is 3.98. The fourth-order valence-electron chi connectivity index (χ4n) is 6.05. The number of fused-ring (bicyclic) bond motifs is 1. The maximum Gasteiger partial charge on any atom is 0.271 e. The first-order chi connectivity index (χ1) is 18.9. The van der Waals surface area contributed by atoms with Crippen molar-refractivity contribution in [3.8, 4) is 0 Å². The lowest BCUT2D eigenvalue weighted by atomic mass is 9.71. The molecule has 0 atom stereocenters. The van der Waals surface area contributed by atoms with Crippen molar-refractivity contribution < 1.29 is 8.42 Å². The van der Waals surface area contributed by atoms with Gasteiger partial charge in [0.25, 0.3) is 5.56 Å². The Labute approximate surface area is 241 Å². The third-order valence-corrected chi connectivity index (χ3v) is 10.9. The van der Waals surface area contributed by atoms with Crippen molar-refractivity contribution in [2.24, 2.45) is 5.41 Å². The van der Waals surface area contributed by atoms with Crippen molar-refractivity contribution in [2.45, 2.75) is 77.3 Å². The van der Waals surface area contributed by atoms with Crippen LogP contribution in [0.3, 0.4) is 0 Å². The molecule has 2 aromatic heterocycles. The van der Waals surface area contributed by atoms with Crippen LogP contribution in [0.2, 0.25) is 5.02 Å². The van der Waals surface area contributed by atoms with Gasteiger partial charge < -0.3 is 10.2 Å². The second kappa shape index (κ2) is 11.0. The highest BCUT2D eigenvalue weighted by atomic mass is 35.5. The summed E-state index contributed by atoms with van der Waals surface area (Å²) < 4.78 is 30.3. The zero-order valence-electron chi connectivity index (χ0n) is 23.9. The number of anilines is 2. The van der Waals surface area contributed by atoms with Crippen molar-refractivity contribution in [1.29, 1.82) is 0 Å². The number of nitrogens with zero attached hydrogens (tertiary/aromatic N) is 5. The molecule has 3 aromatic rings. The minimum atomic E-state index is -3.59. The molecule has 5 rings (SSSR count). The summed E-state index contributed by atoms with van der Waals surface area (Å²) >= 11 is 6.13. The smallest absolute Gasteiger partial charge is 0.271 e. The Bertz CT molecular complexity index is 1570. The number of aryl methyl sites for hydroxylation is 1. The van der Waals surface area contributed by atoms with E-state index in [9.17, 15) is 13.2 Å². The van der Waals surface area contributed by atoms with Crippen LogP contribution in [-0.4, -0.2) is 64.4 Å². The second-order valence-electron chi connectivity index (χ2n) is 11.9. The summed E-state index contributed by atoms with van der Waals surface area (Å²) in [6.07, 6.45) is 5.76. The van der Waals surface area contributed by atoms with E-state index in [1.807, 2.05) is 20.8 Å². The lowest BCUT2D eigenvalue weighted by molar-refractivity contribution is 0.0433. The molecule has 1 spiro atoms. The summed E-state index contributed by atoms with van der Waals surface area (Å²) in [7, 11) is -3.59. The molecule has 2 aliphatic heterocycles. The number of hydrogen-bond donors (Lipinski definition) is 1. The fraction of sp³-hybridized carbons (Fsp3) is 0.552. The Morgan fingerprint density at radius 2 is 1.62 bits per heavy atom. The number of hydrogen-bond acceptors (Lipinski definition) is 7. The van der Waals surface area contributed by atoms with Gasteiger partial charge in [-0.1, -0.05) is 11.6 Å². The minimum absolute atomic E-state index is 0.124. The van der Waals surface area contributed by atoms with Gasteiger partial charge in [0.1, 0.15) is 10.7 Å². The molecule has 1 N–H and O–H groups in total. The highest BCUT2D eigenvalue weighted by Gasteiger charge is 2.40. The van der Waals surface area contributed by atoms with Gasteiger partial charge >= 0.3 is 0 Å². The Kier molecular flexibility index (Phi) is 8.00. The number of piperidine rings is 2. The number of aromatic nitrogens is 3. The van der Waals surface area contributed by atoms with Crippen molar-refractivity contribution in [3.63, 3.8) is 0 Å². The summed E-state index contributed by atoms with van der Waals surface area (Å²) in [6.45, 7) is 13.5. The molecule has 216 valence electrons. The van der Waals surface area contributed by atoms with Crippen LogP contribution >= 0.6 is 11.6 Å². The molecule has 2 saturated heterocycles. The van der Waals surface area contributed by atoms with Gasteiger partial charge in [-0.25, -0.2) is 13.4 Å². The summed E-state index contributed by atoms with van der Waals surface area (Å²) in [5.41, 5.74) is 1.91. The van der Waals surface area contributed by atoms with E-state index in [0.29, 0.717) is 46.7 Å². The molecule has 2 aliphatic rings. The van der Waals surface area contributed by atoms with Crippen LogP contribution in [0.5, 0.6) is 0 Å². The zero-order valence-corrected chi connectivity index (χ0v) is 25.5. The molecule has 0 amide bonds. The highest BCUT2D eigenvalue weighted by molar-refractivity contribution is 7.89. The van der Waals surface area contributed by atoms with Crippen LogP contribution in [0, 0.1) is 12.3 Å². The van der Waals surface area contributed by atoms with Gasteiger partial charge in [0.15, 0.2) is 0 Å². The summed E-state index contributed by atoms with van der Waals surface area (Å²) in [6, 6.07) is 7.09. The number of rotatable bonds is 6. The predicted molar refractivity (Wildman–Crippen MR) is 160 cm³/mol. The van der Waals surface area contributed by atoms with Crippen molar-refractivity contribution >= 4 is 44.3 Å². The van der Waals surface area contributed by atoms with E-state index in [-0.39, 0.29) is 22.0 Å². The first-order valence-corrected chi connectivity index (χ1v) is 15.9. The molecular formula is C29H39ClN6O3S. The van der Waals surface area contributed by atoms with Crippen molar-refractivity contribution in [2.75, 3.05) is 31.5 Å². The van der Waals surface area contributed by atoms with E-state index in [4.69, 9.17) is 11.6 Å². The Morgan fingerprint density at radius 3 is 2.23 bits per heavy atom. The van der Waals surface area contributed by atoms with E-state index in [1.165, 1.54) is 0 Å². The van der Waals surface area contributed by atoms with Gasteiger partial charge in [-0.3, -0.25) is 9.36 Å². The number of halogens is 1. The average Bonchev–Trinajstić information content (AvgIpc) is 2.91. The standard InChI is InChI=1S/C29H39ClN6O3S/c1-19(2)34-12-8-29(9-13-34)10-14-35(15-11-29)40(38,39)23-6-7-25(21(5)16-23)32-28-31-18-22-17-24(30)27(37)36(20(3)4)26(22)33-28/h6-7,16-20H,8-15H2,1-5H3,(H,31,32,33).